The first-order chi connectivity index (χ1) is 12.9. The van der Waals surface area contributed by atoms with Gasteiger partial charge in [-0.25, -0.2) is 4.79 Å². The van der Waals surface area contributed by atoms with Crippen molar-refractivity contribution in [2.24, 2.45) is 0 Å². The van der Waals surface area contributed by atoms with E-state index in [0.717, 1.165) is 5.56 Å². The molecule has 0 aliphatic heterocycles. The minimum Gasteiger partial charge on any atom is -0.493 e. The van der Waals surface area contributed by atoms with Crippen LogP contribution in [0.15, 0.2) is 52.2 Å². The van der Waals surface area contributed by atoms with Crippen LogP contribution in [0.25, 0.3) is 11.0 Å². The maximum atomic E-state index is 12.0. The Hall–Kier alpha value is -2.14. The average Bonchev–Trinajstić information content (AvgIpc) is 2.63. The summed E-state index contributed by atoms with van der Waals surface area (Å²) < 4.78 is 16.5. The Morgan fingerprint density at radius 3 is 2.48 bits per heavy atom. The summed E-state index contributed by atoms with van der Waals surface area (Å²) in [7, 11) is 1.52. The lowest BCUT2D eigenvalue weighted by molar-refractivity contribution is 0.306. The van der Waals surface area contributed by atoms with E-state index in [4.69, 9.17) is 48.7 Å². The average molecular weight is 426 g/mol. The van der Waals surface area contributed by atoms with Crippen molar-refractivity contribution >= 4 is 45.8 Å². The molecule has 3 rings (SSSR count). The smallest absolute Gasteiger partial charge is 0.336 e. The lowest BCUT2D eigenvalue weighted by Crippen LogP contribution is -2.05. The molecule has 0 saturated heterocycles. The summed E-state index contributed by atoms with van der Waals surface area (Å²) in [5, 5.41) is 1.69. The standard InChI is InChI=1S/C20H15Cl3O4/c1-3-4-11-5-13-12(7-19(24)27-20(13)18(6-11)25-2)10-26-17-9-15(22)14(21)8-16(17)23/h3,5-9H,1,4,10H2,2H3. The number of ether oxygens (including phenoxy) is 2. The molecule has 1 heterocycles. The van der Waals surface area contributed by atoms with Gasteiger partial charge >= 0.3 is 5.63 Å². The maximum absolute atomic E-state index is 12.0. The molecule has 1 aromatic heterocycles. The lowest BCUT2D eigenvalue weighted by Gasteiger charge is -2.13. The van der Waals surface area contributed by atoms with Gasteiger partial charge in [0.1, 0.15) is 12.4 Å². The summed E-state index contributed by atoms with van der Waals surface area (Å²) in [6, 6.07) is 8.14. The number of benzene rings is 2. The summed E-state index contributed by atoms with van der Waals surface area (Å²) in [5.41, 5.74) is 1.46. The molecule has 0 fully saturated rings. The van der Waals surface area contributed by atoms with Crippen molar-refractivity contribution in [1.29, 1.82) is 0 Å². The SMILES string of the molecule is C=CCc1cc(OC)c2oc(=O)cc(COc3cc(Cl)c(Cl)cc3Cl)c2c1. The van der Waals surface area contributed by atoms with Gasteiger partial charge in [-0.05, 0) is 30.2 Å². The van der Waals surface area contributed by atoms with Crippen LogP contribution in [0, 0.1) is 0 Å². The van der Waals surface area contributed by atoms with Gasteiger partial charge in [-0.2, -0.15) is 0 Å². The fourth-order valence-corrected chi connectivity index (χ4v) is 3.27. The summed E-state index contributed by atoms with van der Waals surface area (Å²) >= 11 is 18.1. The first kappa shape index (κ1) is 19.6. The van der Waals surface area contributed by atoms with E-state index in [-0.39, 0.29) is 6.61 Å². The second-order valence-corrected chi connectivity index (χ2v) is 6.97. The monoisotopic (exact) mass is 424 g/mol. The highest BCUT2D eigenvalue weighted by Gasteiger charge is 2.14. The number of methoxy groups -OCH3 is 1. The zero-order chi connectivity index (χ0) is 19.6. The van der Waals surface area contributed by atoms with E-state index in [1.54, 1.807) is 6.08 Å². The van der Waals surface area contributed by atoms with E-state index in [2.05, 4.69) is 6.58 Å². The van der Waals surface area contributed by atoms with Crippen molar-refractivity contribution in [3.8, 4) is 11.5 Å². The zero-order valence-electron chi connectivity index (χ0n) is 14.4. The van der Waals surface area contributed by atoms with Crippen LogP contribution in [0.2, 0.25) is 15.1 Å². The molecule has 140 valence electrons. The third-order valence-corrected chi connectivity index (χ3v) is 4.93. The van der Waals surface area contributed by atoms with Crippen LogP contribution in [0.4, 0.5) is 0 Å². The molecule has 0 aliphatic rings. The first-order valence-corrected chi connectivity index (χ1v) is 9.08. The Morgan fingerprint density at radius 1 is 1.04 bits per heavy atom. The van der Waals surface area contributed by atoms with E-state index in [9.17, 15) is 4.79 Å². The van der Waals surface area contributed by atoms with Gasteiger partial charge in [-0.1, -0.05) is 40.9 Å². The first-order valence-electron chi connectivity index (χ1n) is 7.94. The summed E-state index contributed by atoms with van der Waals surface area (Å²) in [6.45, 7) is 3.84. The molecule has 4 nitrogen and oxygen atoms in total. The molecule has 0 atom stereocenters. The molecule has 0 radical (unpaired) electrons. The highest BCUT2D eigenvalue weighted by molar-refractivity contribution is 6.43. The highest BCUT2D eigenvalue weighted by Crippen LogP contribution is 2.35. The van der Waals surface area contributed by atoms with Crippen LogP contribution >= 0.6 is 34.8 Å². The largest absolute Gasteiger partial charge is 0.493 e. The van der Waals surface area contributed by atoms with Crippen LogP contribution in [-0.2, 0) is 13.0 Å². The molecular weight excluding hydrogens is 411 g/mol. The van der Waals surface area contributed by atoms with Gasteiger partial charge < -0.3 is 13.9 Å². The number of hydrogen-bond donors (Lipinski definition) is 0. The van der Waals surface area contributed by atoms with Gasteiger partial charge in [-0.3, -0.25) is 0 Å². The van der Waals surface area contributed by atoms with Crippen molar-refractivity contribution in [2.45, 2.75) is 13.0 Å². The molecule has 2 aromatic carbocycles. The molecule has 0 saturated carbocycles. The van der Waals surface area contributed by atoms with Crippen LogP contribution in [0.5, 0.6) is 11.5 Å². The summed E-state index contributed by atoms with van der Waals surface area (Å²) in [5.74, 6) is 0.831. The fourth-order valence-electron chi connectivity index (χ4n) is 2.68. The molecule has 27 heavy (non-hydrogen) atoms. The number of fused-ring (bicyclic) bond motifs is 1. The molecule has 0 unspecified atom stereocenters. The highest BCUT2D eigenvalue weighted by atomic mass is 35.5. The molecule has 0 aliphatic carbocycles. The Kier molecular flexibility index (Phi) is 6.00. The van der Waals surface area contributed by atoms with Gasteiger partial charge in [0.15, 0.2) is 11.3 Å². The fraction of sp³-hybridized carbons (Fsp3) is 0.150. The predicted octanol–water partition coefficient (Wildman–Crippen LogP) is 6.07. The van der Waals surface area contributed by atoms with Gasteiger partial charge in [-0.15, -0.1) is 6.58 Å². The predicted molar refractivity (Wildman–Crippen MR) is 109 cm³/mol. The minimum absolute atomic E-state index is 0.0838. The topological polar surface area (TPSA) is 48.7 Å². The van der Waals surface area contributed by atoms with Gasteiger partial charge in [0.05, 0.1) is 22.2 Å². The number of hydrogen-bond acceptors (Lipinski definition) is 4. The Bertz CT molecular complexity index is 1070. The van der Waals surface area contributed by atoms with E-state index in [0.29, 0.717) is 49.5 Å². The van der Waals surface area contributed by atoms with Crippen LogP contribution < -0.4 is 15.1 Å². The minimum atomic E-state index is -0.504. The number of allylic oxidation sites excluding steroid dienone is 1. The van der Waals surface area contributed by atoms with Crippen molar-refractivity contribution < 1.29 is 13.9 Å². The summed E-state index contributed by atoms with van der Waals surface area (Å²) in [6.07, 6.45) is 2.43. The van der Waals surface area contributed by atoms with Gasteiger partial charge in [0.25, 0.3) is 0 Å². The van der Waals surface area contributed by atoms with E-state index < -0.39 is 5.63 Å². The molecule has 0 spiro atoms. The quantitative estimate of drug-likeness (QED) is 0.273. The third-order valence-electron chi connectivity index (χ3n) is 3.91. The second-order valence-electron chi connectivity index (χ2n) is 5.74. The Balaban J connectivity index is 2.05. The molecule has 7 heteroatoms. The van der Waals surface area contributed by atoms with Crippen molar-refractivity contribution in [2.75, 3.05) is 7.11 Å². The van der Waals surface area contributed by atoms with Crippen LogP contribution in [0.3, 0.4) is 0 Å². The normalized spacial score (nSPS) is 10.8. The Morgan fingerprint density at radius 2 is 1.78 bits per heavy atom. The second kappa shape index (κ2) is 8.26. The molecule has 3 aromatic rings. The number of halogens is 3. The van der Waals surface area contributed by atoms with Crippen LogP contribution in [0.1, 0.15) is 11.1 Å². The van der Waals surface area contributed by atoms with Crippen molar-refractivity contribution in [3.63, 3.8) is 0 Å². The maximum Gasteiger partial charge on any atom is 0.336 e. The van der Waals surface area contributed by atoms with Gasteiger partial charge in [0, 0.05) is 23.1 Å². The molecular formula is C20H15Cl3O4. The van der Waals surface area contributed by atoms with E-state index in [1.807, 2.05) is 12.1 Å². The third kappa shape index (κ3) is 4.24. The van der Waals surface area contributed by atoms with Crippen molar-refractivity contribution in [1.82, 2.24) is 0 Å². The number of rotatable bonds is 6. The molecule has 0 amide bonds. The summed E-state index contributed by atoms with van der Waals surface area (Å²) in [4.78, 5) is 12.0. The lowest BCUT2D eigenvalue weighted by atomic mass is 10.0. The molecule has 0 bridgehead atoms. The van der Waals surface area contributed by atoms with Gasteiger partial charge in [0.2, 0.25) is 0 Å². The van der Waals surface area contributed by atoms with Crippen molar-refractivity contribution in [3.05, 3.63) is 79.6 Å². The Labute approximate surface area is 170 Å². The van der Waals surface area contributed by atoms with E-state index >= 15 is 0 Å². The molecule has 0 N–H and O–H groups in total. The zero-order valence-corrected chi connectivity index (χ0v) is 16.6. The van der Waals surface area contributed by atoms with Crippen LogP contribution in [-0.4, -0.2) is 7.11 Å². The van der Waals surface area contributed by atoms with E-state index in [1.165, 1.54) is 25.3 Å².